The molecule has 3 radical (unpaired) electrons. The van der Waals surface area contributed by atoms with E-state index in [2.05, 4.69) is 135 Å². The zero-order chi connectivity index (χ0) is 26.6. The summed E-state index contributed by atoms with van der Waals surface area (Å²) in [5.41, 5.74) is 2.69. The van der Waals surface area contributed by atoms with Crippen LogP contribution >= 0.6 is 0 Å². The van der Waals surface area contributed by atoms with Crippen molar-refractivity contribution in [2.24, 2.45) is 0 Å². The molecule has 0 unspecified atom stereocenters. The van der Waals surface area contributed by atoms with Crippen LogP contribution in [-0.4, -0.2) is 10.2 Å². The summed E-state index contributed by atoms with van der Waals surface area (Å²) in [6.45, 7) is 10.8. The van der Waals surface area contributed by atoms with Crippen LogP contribution < -0.4 is 24.8 Å². The van der Waals surface area contributed by atoms with E-state index in [1.807, 2.05) is 6.92 Å². The molecule has 0 bridgehead atoms. The van der Waals surface area contributed by atoms with Crippen molar-refractivity contribution in [2.75, 3.05) is 0 Å². The van der Waals surface area contributed by atoms with Gasteiger partial charge in [0.25, 0.3) is 0 Å². The molecule has 0 N–H and O–H groups in total. The first-order chi connectivity index (χ1) is 18.0. The molecular weight excluding hydrogens is 623 g/mol. The van der Waals surface area contributed by atoms with Gasteiger partial charge < -0.3 is 24.8 Å². The maximum Gasteiger partial charge on any atom is 4.00 e. The van der Waals surface area contributed by atoms with Crippen molar-refractivity contribution in [2.45, 2.75) is 66.3 Å². The van der Waals surface area contributed by atoms with Gasteiger partial charge in [0.05, 0.1) is 0 Å². The van der Waals surface area contributed by atoms with E-state index < -0.39 is 0 Å². The van der Waals surface area contributed by atoms with Crippen molar-refractivity contribution in [3.63, 3.8) is 0 Å². The van der Waals surface area contributed by atoms with E-state index >= 15 is 0 Å². The van der Waals surface area contributed by atoms with E-state index in [0.717, 1.165) is 6.04 Å². The predicted molar refractivity (Wildman–Crippen MR) is 170 cm³/mol. The molecule has 0 nitrogen and oxygen atoms in total. The molecule has 0 spiro atoms. The summed E-state index contributed by atoms with van der Waals surface area (Å²) in [6, 6.07) is 35.9. The van der Waals surface area contributed by atoms with Crippen LogP contribution in [0.5, 0.6) is 0 Å². The fraction of sp³-hybridized carbons (Fsp3) is 0.278. The minimum Gasteiger partial charge on any atom is -1.00 e. The Bertz CT molecular complexity index is 1410. The van der Waals surface area contributed by atoms with E-state index in [0.29, 0.717) is 0 Å². The Hall–Kier alpha value is -1.70. The fourth-order valence-corrected chi connectivity index (χ4v) is 4.73. The summed E-state index contributed by atoms with van der Waals surface area (Å²) < 4.78 is 0. The third-order valence-electron chi connectivity index (χ3n) is 6.48. The fourth-order valence-electron chi connectivity index (χ4n) is 4.73. The van der Waals surface area contributed by atoms with Gasteiger partial charge in [-0.05, 0) is 10.8 Å². The molecule has 0 saturated carbocycles. The first kappa shape index (κ1) is 38.3. The molecule has 207 valence electrons. The second-order valence-electron chi connectivity index (χ2n) is 9.71. The molecule has 0 aromatic heterocycles. The van der Waals surface area contributed by atoms with E-state index in [1.165, 1.54) is 79.9 Å². The number of unbranched alkanes of at least 4 members (excludes halogenated alkanes) is 3. The second kappa shape index (κ2) is 20.2. The summed E-state index contributed by atoms with van der Waals surface area (Å²) in [6.07, 6.45) is 5.54. The molecular formula is C36H41Cl2SiZr. The van der Waals surface area contributed by atoms with Crippen LogP contribution in [0.3, 0.4) is 0 Å². The molecule has 0 amide bonds. The normalized spacial score (nSPS) is 9.65. The smallest absolute Gasteiger partial charge is 1.00 e. The van der Waals surface area contributed by atoms with Gasteiger partial charge in [-0.25, -0.2) is 0 Å². The summed E-state index contributed by atoms with van der Waals surface area (Å²) in [5, 5.41) is 10.8. The summed E-state index contributed by atoms with van der Waals surface area (Å²) >= 11 is 0. The van der Waals surface area contributed by atoms with Gasteiger partial charge in [0.1, 0.15) is 0 Å². The predicted octanol–water partition coefficient (Wildman–Crippen LogP) is 5.23. The monoisotopic (exact) mass is 661 g/mol. The first-order valence-electron chi connectivity index (χ1n) is 13.8. The Morgan fingerprint density at radius 3 is 1.25 bits per heavy atom. The SMILES string of the molecule is CCCCCC.CC[Si].Cc1cc2c(ccc3ccccc32)[cH-]1.Cc1cc2c(ccc3ccccc32)[cH-]1.[Cl-].[Cl-].[Zr+4]. The minimum absolute atomic E-state index is 0. The largest absolute Gasteiger partial charge is 4.00 e. The molecule has 0 saturated heterocycles. The van der Waals surface area contributed by atoms with Crippen molar-refractivity contribution in [3.05, 3.63) is 108 Å². The van der Waals surface area contributed by atoms with Gasteiger partial charge in [0, 0.05) is 10.2 Å². The number of rotatable bonds is 3. The van der Waals surface area contributed by atoms with Crippen LogP contribution in [0.2, 0.25) is 6.04 Å². The van der Waals surface area contributed by atoms with Crippen LogP contribution in [-0.2, 0) is 26.2 Å². The maximum atomic E-state index is 3.18. The topological polar surface area (TPSA) is 0 Å². The Morgan fingerprint density at radius 2 is 0.900 bits per heavy atom. The Kier molecular flexibility index (Phi) is 19.4. The molecule has 0 atom stereocenters. The van der Waals surface area contributed by atoms with Gasteiger partial charge >= 0.3 is 26.2 Å². The van der Waals surface area contributed by atoms with Gasteiger partial charge in [-0.1, -0.05) is 138 Å². The van der Waals surface area contributed by atoms with Crippen LogP contribution in [0.25, 0.3) is 43.1 Å². The standard InChI is InChI=1S/2C14H11.C6H14.C2H5Si.2ClH.Zr/c2*1-10-8-12-7-6-11-4-2-3-5-13(11)14(12)9-10;1-3-5-6-4-2;1-2-3;;;/h2*2-9H,1H3;3-6H2,1-2H3;2H2,1H3;2*1H;/q2*-1;;;;;+4/p-2. The molecule has 4 heteroatoms. The summed E-state index contributed by atoms with van der Waals surface area (Å²) in [5.74, 6) is 0. The molecule has 0 fully saturated rings. The van der Waals surface area contributed by atoms with Crippen molar-refractivity contribution in [1.29, 1.82) is 0 Å². The van der Waals surface area contributed by atoms with E-state index in [9.17, 15) is 0 Å². The number of fused-ring (bicyclic) bond motifs is 6. The number of aryl methyl sites for hydroxylation is 2. The molecule has 0 aliphatic carbocycles. The zero-order valence-corrected chi connectivity index (χ0v) is 29.5. The average Bonchev–Trinajstić information content (AvgIpc) is 3.50. The molecule has 6 aromatic rings. The molecule has 40 heavy (non-hydrogen) atoms. The number of hydrogen-bond acceptors (Lipinski definition) is 0. The Labute approximate surface area is 277 Å². The van der Waals surface area contributed by atoms with Crippen molar-refractivity contribution in [1.82, 2.24) is 0 Å². The molecule has 0 aliphatic heterocycles. The van der Waals surface area contributed by atoms with Gasteiger partial charge in [0.2, 0.25) is 0 Å². The second-order valence-corrected chi connectivity index (χ2v) is 10.4. The third-order valence-corrected chi connectivity index (χ3v) is 6.48. The van der Waals surface area contributed by atoms with Gasteiger partial charge in [0.15, 0.2) is 0 Å². The molecule has 6 aromatic carbocycles. The van der Waals surface area contributed by atoms with E-state index in [1.54, 1.807) is 0 Å². The van der Waals surface area contributed by atoms with Crippen LogP contribution in [0.1, 0.15) is 57.6 Å². The summed E-state index contributed by atoms with van der Waals surface area (Å²) in [4.78, 5) is 0. The van der Waals surface area contributed by atoms with Gasteiger partial charge in [-0.2, -0.15) is 12.1 Å². The molecule has 0 heterocycles. The van der Waals surface area contributed by atoms with E-state index in [-0.39, 0.29) is 51.0 Å². The summed E-state index contributed by atoms with van der Waals surface area (Å²) in [7, 11) is 3.18. The molecule has 0 aliphatic rings. The Balaban J connectivity index is 0.000000558. The van der Waals surface area contributed by atoms with Crippen LogP contribution in [0.4, 0.5) is 0 Å². The van der Waals surface area contributed by atoms with Crippen LogP contribution in [0, 0.1) is 13.8 Å². The van der Waals surface area contributed by atoms with Gasteiger partial charge in [-0.3, -0.25) is 0 Å². The first-order valence-corrected chi connectivity index (χ1v) is 14.5. The van der Waals surface area contributed by atoms with E-state index in [4.69, 9.17) is 0 Å². The van der Waals surface area contributed by atoms with Crippen molar-refractivity contribution in [3.8, 4) is 0 Å². The average molecular weight is 664 g/mol. The van der Waals surface area contributed by atoms with Crippen molar-refractivity contribution >= 4 is 53.3 Å². The van der Waals surface area contributed by atoms with Crippen molar-refractivity contribution < 1.29 is 51.0 Å². The maximum absolute atomic E-state index is 3.18. The number of hydrogen-bond donors (Lipinski definition) is 0. The van der Waals surface area contributed by atoms with Crippen LogP contribution in [0.15, 0.2) is 97.1 Å². The quantitative estimate of drug-likeness (QED) is 0.138. The third kappa shape index (κ3) is 10.6. The molecule has 6 rings (SSSR count). The zero-order valence-electron chi connectivity index (χ0n) is 24.5. The minimum atomic E-state index is 0. The number of benzene rings is 4. The van der Waals surface area contributed by atoms with Gasteiger partial charge in [-0.15, -0.1) is 56.9 Å². The Morgan fingerprint density at radius 1 is 0.550 bits per heavy atom. The number of halogens is 2.